The Morgan fingerprint density at radius 2 is 1.95 bits per heavy atom. The first-order valence-electron chi connectivity index (χ1n) is 6.64. The van der Waals surface area contributed by atoms with Gasteiger partial charge in [0.15, 0.2) is 0 Å². The minimum absolute atomic E-state index is 0.0489. The summed E-state index contributed by atoms with van der Waals surface area (Å²) < 4.78 is 10.3. The van der Waals surface area contributed by atoms with Gasteiger partial charge < -0.3 is 9.47 Å². The Morgan fingerprint density at radius 3 is 2.57 bits per heavy atom. The van der Waals surface area contributed by atoms with Crippen molar-refractivity contribution in [3.63, 3.8) is 0 Å². The van der Waals surface area contributed by atoms with Crippen LogP contribution in [0.15, 0.2) is 24.3 Å². The smallest absolute Gasteiger partial charge is 0.262 e. The molecule has 0 unspecified atom stereocenters. The molecule has 0 aliphatic heterocycles. The first kappa shape index (κ1) is 14.9. The normalized spacial score (nSPS) is 13.8. The number of benzene rings is 1. The third-order valence-corrected chi connectivity index (χ3v) is 3.11. The summed E-state index contributed by atoms with van der Waals surface area (Å²) in [6, 6.07) is 5.28. The van der Waals surface area contributed by atoms with Crippen LogP contribution in [-0.2, 0) is 9.59 Å². The summed E-state index contributed by atoms with van der Waals surface area (Å²) in [7, 11) is 3.12. The van der Waals surface area contributed by atoms with E-state index in [1.165, 1.54) is 6.08 Å². The summed E-state index contributed by atoms with van der Waals surface area (Å²) in [6.45, 7) is 0. The minimum atomic E-state index is -0.408. The highest BCUT2D eigenvalue weighted by atomic mass is 16.5. The van der Waals surface area contributed by atoms with Crippen molar-refractivity contribution in [2.45, 2.75) is 12.8 Å². The molecule has 21 heavy (non-hydrogen) atoms. The summed E-state index contributed by atoms with van der Waals surface area (Å²) in [5.74, 6) is 0.789. The quantitative estimate of drug-likeness (QED) is 0.632. The molecule has 0 bridgehead atoms. The lowest BCUT2D eigenvalue weighted by Crippen LogP contribution is -2.41. The molecule has 0 heterocycles. The molecule has 6 nitrogen and oxygen atoms in total. The second-order valence-corrected chi connectivity index (χ2v) is 4.69. The number of hydrogen-bond donors (Lipinski definition) is 2. The van der Waals surface area contributed by atoms with Crippen molar-refractivity contribution in [1.82, 2.24) is 10.9 Å². The Hall–Kier alpha value is -2.50. The Labute approximate surface area is 123 Å². The molecule has 0 radical (unpaired) electrons. The summed E-state index contributed by atoms with van der Waals surface area (Å²) in [5, 5.41) is 0. The van der Waals surface area contributed by atoms with Gasteiger partial charge in [0.1, 0.15) is 11.5 Å². The first-order chi connectivity index (χ1) is 10.1. The highest BCUT2D eigenvalue weighted by Gasteiger charge is 2.29. The molecule has 1 aromatic rings. The van der Waals surface area contributed by atoms with Gasteiger partial charge in [0, 0.05) is 17.6 Å². The fraction of sp³-hybridized carbons (Fsp3) is 0.333. The number of carbonyl (C=O) groups excluding carboxylic acids is 2. The van der Waals surface area contributed by atoms with Crippen molar-refractivity contribution in [1.29, 1.82) is 0 Å². The van der Waals surface area contributed by atoms with E-state index in [9.17, 15) is 9.59 Å². The Bertz CT molecular complexity index is 565. The number of hydrazine groups is 1. The number of amides is 2. The standard InChI is InChI=1S/C15H18N2O4/c1-20-12-6-7-13(21-2)11(9-12)5-8-14(18)16-17-15(19)10-3-4-10/h5-10H,3-4H2,1-2H3,(H,16,18)(H,17,19). The van der Waals surface area contributed by atoms with Crippen LogP contribution in [0, 0.1) is 5.92 Å². The topological polar surface area (TPSA) is 76.7 Å². The van der Waals surface area contributed by atoms with Crippen molar-refractivity contribution in [2.24, 2.45) is 5.92 Å². The summed E-state index contributed by atoms with van der Waals surface area (Å²) in [5.41, 5.74) is 5.44. The number of ether oxygens (including phenoxy) is 2. The SMILES string of the molecule is COc1ccc(OC)c(C=CC(=O)NNC(=O)C2CC2)c1. The molecule has 1 aromatic carbocycles. The van der Waals surface area contributed by atoms with Gasteiger partial charge in [-0.25, -0.2) is 0 Å². The van der Waals surface area contributed by atoms with Gasteiger partial charge in [-0.15, -0.1) is 0 Å². The van der Waals surface area contributed by atoms with Gasteiger partial charge in [-0.3, -0.25) is 20.4 Å². The van der Waals surface area contributed by atoms with E-state index >= 15 is 0 Å². The molecule has 1 aliphatic carbocycles. The van der Waals surface area contributed by atoms with Crippen LogP contribution in [0.3, 0.4) is 0 Å². The lowest BCUT2D eigenvalue weighted by molar-refractivity contribution is -0.127. The van der Waals surface area contributed by atoms with Gasteiger partial charge in [0.05, 0.1) is 14.2 Å². The molecule has 1 aliphatic rings. The minimum Gasteiger partial charge on any atom is -0.497 e. The summed E-state index contributed by atoms with van der Waals surface area (Å²) >= 11 is 0. The lowest BCUT2D eigenvalue weighted by Gasteiger charge is -2.07. The van der Waals surface area contributed by atoms with E-state index < -0.39 is 5.91 Å². The van der Waals surface area contributed by atoms with Crippen LogP contribution in [-0.4, -0.2) is 26.0 Å². The van der Waals surface area contributed by atoms with Gasteiger partial charge >= 0.3 is 0 Å². The monoisotopic (exact) mass is 290 g/mol. The number of rotatable bonds is 5. The molecule has 1 saturated carbocycles. The van der Waals surface area contributed by atoms with E-state index in [1.807, 2.05) is 0 Å². The second-order valence-electron chi connectivity index (χ2n) is 4.69. The first-order valence-corrected chi connectivity index (χ1v) is 6.64. The molecule has 0 spiro atoms. The van der Waals surface area contributed by atoms with Crippen LogP contribution in [0.25, 0.3) is 6.08 Å². The Kier molecular flexibility index (Phi) is 4.81. The van der Waals surface area contributed by atoms with Gasteiger partial charge in [-0.1, -0.05) is 0 Å². The summed E-state index contributed by atoms with van der Waals surface area (Å²) in [6.07, 6.45) is 4.70. The number of methoxy groups -OCH3 is 2. The van der Waals surface area contributed by atoms with Crippen molar-refractivity contribution < 1.29 is 19.1 Å². The van der Waals surface area contributed by atoms with Gasteiger partial charge in [0.25, 0.3) is 5.91 Å². The molecule has 1 fully saturated rings. The van der Waals surface area contributed by atoms with Crippen molar-refractivity contribution >= 4 is 17.9 Å². The predicted octanol–water partition coefficient (Wildman–Crippen LogP) is 1.27. The lowest BCUT2D eigenvalue weighted by atomic mass is 10.1. The average molecular weight is 290 g/mol. The molecule has 0 atom stereocenters. The predicted molar refractivity (Wildman–Crippen MR) is 77.6 cm³/mol. The zero-order chi connectivity index (χ0) is 15.2. The molecular formula is C15H18N2O4. The van der Waals surface area contributed by atoms with Crippen molar-refractivity contribution in [3.8, 4) is 11.5 Å². The van der Waals surface area contributed by atoms with Crippen LogP contribution < -0.4 is 20.3 Å². The van der Waals surface area contributed by atoms with E-state index in [0.717, 1.165) is 12.8 Å². The third kappa shape index (κ3) is 4.24. The molecule has 2 N–H and O–H groups in total. The Morgan fingerprint density at radius 1 is 1.19 bits per heavy atom. The van der Waals surface area contributed by atoms with Gasteiger partial charge in [-0.2, -0.15) is 0 Å². The van der Waals surface area contributed by atoms with Gasteiger partial charge in [-0.05, 0) is 37.1 Å². The van der Waals surface area contributed by atoms with Crippen LogP contribution in [0.4, 0.5) is 0 Å². The van der Waals surface area contributed by atoms with E-state index in [0.29, 0.717) is 17.1 Å². The molecular weight excluding hydrogens is 272 g/mol. The molecule has 2 amide bonds. The van der Waals surface area contributed by atoms with E-state index in [4.69, 9.17) is 9.47 Å². The number of carbonyl (C=O) groups is 2. The largest absolute Gasteiger partial charge is 0.497 e. The van der Waals surface area contributed by atoms with Crippen molar-refractivity contribution in [3.05, 3.63) is 29.8 Å². The maximum atomic E-state index is 11.6. The van der Waals surface area contributed by atoms with Gasteiger partial charge in [0.2, 0.25) is 5.91 Å². The fourth-order valence-corrected chi connectivity index (χ4v) is 1.75. The van der Waals surface area contributed by atoms with Crippen LogP contribution in [0.2, 0.25) is 0 Å². The van der Waals surface area contributed by atoms with Crippen molar-refractivity contribution in [2.75, 3.05) is 14.2 Å². The van der Waals surface area contributed by atoms with Crippen LogP contribution in [0.5, 0.6) is 11.5 Å². The average Bonchev–Trinajstić information content (AvgIpc) is 3.35. The zero-order valence-electron chi connectivity index (χ0n) is 12.0. The number of hydrogen-bond acceptors (Lipinski definition) is 4. The zero-order valence-corrected chi connectivity index (χ0v) is 12.0. The maximum Gasteiger partial charge on any atom is 0.262 e. The van der Waals surface area contributed by atoms with Crippen LogP contribution in [0.1, 0.15) is 18.4 Å². The van der Waals surface area contributed by atoms with E-state index in [2.05, 4.69) is 10.9 Å². The van der Waals surface area contributed by atoms with E-state index in [-0.39, 0.29) is 11.8 Å². The second kappa shape index (κ2) is 6.78. The number of nitrogens with one attached hydrogen (secondary N) is 2. The highest BCUT2D eigenvalue weighted by Crippen LogP contribution is 2.28. The van der Waals surface area contributed by atoms with E-state index in [1.54, 1.807) is 38.5 Å². The molecule has 112 valence electrons. The van der Waals surface area contributed by atoms with Crippen LogP contribution >= 0.6 is 0 Å². The highest BCUT2D eigenvalue weighted by molar-refractivity contribution is 5.94. The summed E-state index contributed by atoms with van der Waals surface area (Å²) in [4.78, 5) is 23.0. The Balaban J connectivity index is 1.95. The fourth-order valence-electron chi connectivity index (χ4n) is 1.75. The molecule has 2 rings (SSSR count). The molecule has 0 aromatic heterocycles. The molecule has 0 saturated heterocycles. The molecule has 6 heteroatoms. The third-order valence-electron chi connectivity index (χ3n) is 3.11. The maximum absolute atomic E-state index is 11.6.